The van der Waals surface area contributed by atoms with Crippen LogP contribution in [0.25, 0.3) is 21.5 Å². The molecule has 4 rings (SSSR count). The van der Waals surface area contributed by atoms with Crippen molar-refractivity contribution in [2.45, 2.75) is 52.4 Å². The van der Waals surface area contributed by atoms with Crippen molar-refractivity contribution < 1.29 is 4.79 Å². The molecule has 1 fully saturated rings. The summed E-state index contributed by atoms with van der Waals surface area (Å²) in [6.07, 6.45) is 3.05. The molecule has 29 heavy (non-hydrogen) atoms. The fraction of sp³-hybridized carbons (Fsp3) is 0.458. The van der Waals surface area contributed by atoms with E-state index >= 15 is 0 Å². The SMILES string of the molecule is Cc1cc(C)cc(-c2[nH]c3sc(C(C)(C)C(=O)N4CCCC4)cc3c2CCN)c1. The van der Waals surface area contributed by atoms with Crippen LogP contribution in [-0.2, 0) is 16.6 Å². The van der Waals surface area contributed by atoms with Crippen LogP contribution in [0.15, 0.2) is 24.3 Å². The molecule has 1 aliphatic rings. The number of aromatic nitrogens is 1. The second-order valence-electron chi connectivity index (χ2n) is 8.87. The number of rotatable bonds is 5. The Morgan fingerprint density at radius 3 is 2.41 bits per heavy atom. The molecule has 0 aliphatic carbocycles. The second kappa shape index (κ2) is 7.62. The zero-order chi connectivity index (χ0) is 20.8. The Morgan fingerprint density at radius 2 is 1.79 bits per heavy atom. The monoisotopic (exact) mass is 409 g/mol. The van der Waals surface area contributed by atoms with Crippen LogP contribution in [0, 0.1) is 13.8 Å². The van der Waals surface area contributed by atoms with Gasteiger partial charge in [-0.05, 0) is 82.8 Å². The van der Waals surface area contributed by atoms with E-state index in [0.29, 0.717) is 6.54 Å². The molecule has 1 saturated heterocycles. The number of amides is 1. The van der Waals surface area contributed by atoms with E-state index < -0.39 is 5.41 Å². The summed E-state index contributed by atoms with van der Waals surface area (Å²) in [5.74, 6) is 0.244. The summed E-state index contributed by atoms with van der Waals surface area (Å²) in [4.78, 5) is 21.1. The fourth-order valence-electron chi connectivity index (χ4n) is 4.53. The maximum absolute atomic E-state index is 13.1. The third kappa shape index (κ3) is 3.62. The number of aromatic amines is 1. The number of nitrogens with zero attached hydrogens (tertiary/aromatic N) is 1. The minimum atomic E-state index is -0.505. The van der Waals surface area contributed by atoms with Gasteiger partial charge in [-0.1, -0.05) is 17.2 Å². The molecule has 5 heteroatoms. The highest BCUT2D eigenvalue weighted by molar-refractivity contribution is 7.19. The molecular formula is C24H31N3OS. The van der Waals surface area contributed by atoms with E-state index in [9.17, 15) is 4.79 Å². The largest absolute Gasteiger partial charge is 0.346 e. The van der Waals surface area contributed by atoms with Crippen molar-refractivity contribution in [1.82, 2.24) is 9.88 Å². The quantitative estimate of drug-likeness (QED) is 0.629. The molecular weight excluding hydrogens is 378 g/mol. The minimum absolute atomic E-state index is 0.244. The number of hydrogen-bond donors (Lipinski definition) is 2. The molecule has 1 amide bonds. The van der Waals surface area contributed by atoms with Crippen molar-refractivity contribution in [2.75, 3.05) is 19.6 Å². The molecule has 3 heterocycles. The summed E-state index contributed by atoms with van der Waals surface area (Å²) in [6, 6.07) is 8.87. The van der Waals surface area contributed by atoms with Crippen molar-refractivity contribution in [3.63, 3.8) is 0 Å². The van der Waals surface area contributed by atoms with E-state index in [-0.39, 0.29) is 5.91 Å². The second-order valence-corrected chi connectivity index (χ2v) is 9.92. The molecule has 3 aromatic rings. The summed E-state index contributed by atoms with van der Waals surface area (Å²) in [6.45, 7) is 10.8. The number of likely N-dealkylation sites (tertiary alicyclic amines) is 1. The van der Waals surface area contributed by atoms with E-state index in [2.05, 4.69) is 56.9 Å². The van der Waals surface area contributed by atoms with Gasteiger partial charge >= 0.3 is 0 Å². The molecule has 0 unspecified atom stereocenters. The Balaban J connectivity index is 1.77. The third-order valence-electron chi connectivity index (χ3n) is 6.05. The molecule has 0 radical (unpaired) electrons. The molecule has 1 aliphatic heterocycles. The number of aryl methyl sites for hydroxylation is 2. The Morgan fingerprint density at radius 1 is 1.14 bits per heavy atom. The van der Waals surface area contributed by atoms with Crippen molar-refractivity contribution in [1.29, 1.82) is 0 Å². The highest BCUT2D eigenvalue weighted by Crippen LogP contribution is 2.41. The van der Waals surface area contributed by atoms with Gasteiger partial charge in [0.2, 0.25) is 5.91 Å². The van der Waals surface area contributed by atoms with Crippen LogP contribution in [0.5, 0.6) is 0 Å². The zero-order valence-electron chi connectivity index (χ0n) is 17.9. The first kappa shape index (κ1) is 20.2. The number of H-pyrrole nitrogens is 1. The zero-order valence-corrected chi connectivity index (χ0v) is 18.7. The van der Waals surface area contributed by atoms with Gasteiger partial charge in [0.25, 0.3) is 0 Å². The normalized spacial score (nSPS) is 14.9. The number of carbonyl (C=O) groups excluding carboxylic acids is 1. The van der Waals surface area contributed by atoms with Crippen molar-refractivity contribution >= 4 is 27.5 Å². The number of carbonyl (C=O) groups is 1. The molecule has 2 aromatic heterocycles. The van der Waals surface area contributed by atoms with E-state index in [1.807, 2.05) is 4.90 Å². The lowest BCUT2D eigenvalue weighted by molar-refractivity contribution is -0.135. The van der Waals surface area contributed by atoms with Crippen LogP contribution in [-0.4, -0.2) is 35.4 Å². The Kier molecular flexibility index (Phi) is 5.30. The average molecular weight is 410 g/mol. The Bertz CT molecular complexity index is 1030. The number of fused-ring (bicyclic) bond motifs is 1. The van der Waals surface area contributed by atoms with Crippen molar-refractivity contribution in [2.24, 2.45) is 5.73 Å². The lowest BCUT2D eigenvalue weighted by Gasteiger charge is -2.28. The van der Waals surface area contributed by atoms with E-state index in [1.54, 1.807) is 11.3 Å². The number of hydrogen-bond acceptors (Lipinski definition) is 3. The highest BCUT2D eigenvalue weighted by atomic mass is 32.1. The first-order valence-electron chi connectivity index (χ1n) is 10.5. The molecule has 0 spiro atoms. The number of nitrogens with one attached hydrogen (secondary N) is 1. The summed E-state index contributed by atoms with van der Waals surface area (Å²) >= 11 is 1.71. The van der Waals surface area contributed by atoms with Gasteiger partial charge in [-0.25, -0.2) is 0 Å². The standard InChI is InChI=1S/C24H31N3OS/c1-15-11-16(2)13-17(12-15)21-18(7-8-25)19-14-20(29-22(19)26-21)24(3,4)23(28)27-9-5-6-10-27/h11-14,26H,5-10,25H2,1-4H3. The summed E-state index contributed by atoms with van der Waals surface area (Å²) in [7, 11) is 0. The molecule has 154 valence electrons. The fourth-order valence-corrected chi connectivity index (χ4v) is 5.71. The maximum atomic E-state index is 13.1. The first-order chi connectivity index (χ1) is 13.8. The lowest BCUT2D eigenvalue weighted by Crippen LogP contribution is -2.41. The molecule has 4 nitrogen and oxygen atoms in total. The first-order valence-corrected chi connectivity index (χ1v) is 11.4. The molecule has 0 bridgehead atoms. The van der Waals surface area contributed by atoms with Crippen LogP contribution < -0.4 is 5.73 Å². The van der Waals surface area contributed by atoms with Gasteiger partial charge in [-0.3, -0.25) is 4.79 Å². The van der Waals surface area contributed by atoms with Gasteiger partial charge in [-0.2, -0.15) is 0 Å². The van der Waals surface area contributed by atoms with Gasteiger partial charge < -0.3 is 15.6 Å². The molecule has 3 N–H and O–H groups in total. The van der Waals surface area contributed by atoms with E-state index in [1.165, 1.54) is 33.3 Å². The lowest BCUT2D eigenvalue weighted by atomic mass is 9.89. The third-order valence-corrected chi connectivity index (χ3v) is 7.42. The topological polar surface area (TPSA) is 62.1 Å². The highest BCUT2D eigenvalue weighted by Gasteiger charge is 2.36. The number of thiophene rings is 1. The van der Waals surface area contributed by atoms with Crippen LogP contribution in [0.2, 0.25) is 0 Å². The molecule has 0 atom stereocenters. The van der Waals surface area contributed by atoms with E-state index in [0.717, 1.165) is 42.1 Å². The Labute approximate surface area is 177 Å². The predicted octanol–water partition coefficient (Wildman–Crippen LogP) is 4.91. The Hall–Kier alpha value is -2.11. The molecule has 0 saturated carbocycles. The summed E-state index contributed by atoms with van der Waals surface area (Å²) in [5.41, 5.74) is 11.6. The van der Waals surface area contributed by atoms with Gasteiger partial charge in [-0.15, -0.1) is 11.3 Å². The summed E-state index contributed by atoms with van der Waals surface area (Å²) < 4.78 is 0. The van der Waals surface area contributed by atoms with Crippen LogP contribution in [0.3, 0.4) is 0 Å². The van der Waals surface area contributed by atoms with Gasteiger partial charge in [0.05, 0.1) is 11.1 Å². The van der Waals surface area contributed by atoms with Crippen LogP contribution >= 0.6 is 11.3 Å². The van der Waals surface area contributed by atoms with Crippen molar-refractivity contribution in [3.8, 4) is 11.3 Å². The predicted molar refractivity (Wildman–Crippen MR) is 123 cm³/mol. The average Bonchev–Trinajstić information content (AvgIpc) is 3.38. The van der Waals surface area contributed by atoms with Gasteiger partial charge in [0.15, 0.2) is 0 Å². The summed E-state index contributed by atoms with van der Waals surface area (Å²) in [5, 5.41) is 1.21. The van der Waals surface area contributed by atoms with Crippen molar-refractivity contribution in [3.05, 3.63) is 45.8 Å². The minimum Gasteiger partial charge on any atom is -0.346 e. The molecule has 1 aromatic carbocycles. The van der Waals surface area contributed by atoms with Crippen LogP contribution in [0.4, 0.5) is 0 Å². The van der Waals surface area contributed by atoms with Crippen LogP contribution in [0.1, 0.15) is 48.3 Å². The maximum Gasteiger partial charge on any atom is 0.233 e. The number of benzene rings is 1. The number of nitrogens with two attached hydrogens (primary N) is 1. The van der Waals surface area contributed by atoms with E-state index in [4.69, 9.17) is 5.73 Å². The van der Waals surface area contributed by atoms with Gasteiger partial charge in [0.1, 0.15) is 4.83 Å². The van der Waals surface area contributed by atoms with Gasteiger partial charge in [0, 0.05) is 23.4 Å². The smallest absolute Gasteiger partial charge is 0.233 e.